The zero-order chi connectivity index (χ0) is 33.0. The number of pyridine rings is 3. The second-order valence-electron chi connectivity index (χ2n) is 12.8. The lowest BCUT2D eigenvalue weighted by Crippen LogP contribution is -1.94. The molecule has 0 aliphatic rings. The Labute approximate surface area is 289 Å². The molecule has 0 spiro atoms. The zero-order valence-electron chi connectivity index (χ0n) is 27.1. The van der Waals surface area contributed by atoms with Gasteiger partial charge < -0.3 is 0 Å². The van der Waals surface area contributed by atoms with Gasteiger partial charge in [-0.3, -0.25) is 0 Å². The molecule has 3 aromatic heterocycles. The zero-order valence-corrected chi connectivity index (χ0v) is 27.1. The first-order chi connectivity index (χ1) is 24.8. The van der Waals surface area contributed by atoms with Crippen molar-refractivity contribution in [3.8, 4) is 44.9 Å². The van der Waals surface area contributed by atoms with E-state index in [1.807, 2.05) is 18.2 Å². The van der Waals surface area contributed by atoms with E-state index >= 15 is 0 Å². The van der Waals surface area contributed by atoms with Crippen LogP contribution in [0.15, 0.2) is 176 Å². The molecule has 0 saturated carbocycles. The van der Waals surface area contributed by atoms with Crippen LogP contribution >= 0.6 is 0 Å². The number of hydrogen-bond acceptors (Lipinski definition) is 3. The van der Waals surface area contributed by atoms with Gasteiger partial charge in [-0.15, -0.1) is 0 Å². The number of fused-ring (bicyclic) bond motifs is 8. The van der Waals surface area contributed by atoms with Crippen LogP contribution in [0, 0.1) is 0 Å². The molecule has 0 saturated heterocycles. The summed E-state index contributed by atoms with van der Waals surface area (Å²) in [5, 5.41) is 8.14. The molecule has 0 aliphatic heterocycles. The van der Waals surface area contributed by atoms with Gasteiger partial charge in [0, 0.05) is 49.2 Å². The molecule has 3 heterocycles. The number of benzene rings is 7. The van der Waals surface area contributed by atoms with E-state index in [9.17, 15) is 0 Å². The minimum absolute atomic E-state index is 0.907. The summed E-state index contributed by atoms with van der Waals surface area (Å²) in [5.74, 6) is 0. The van der Waals surface area contributed by atoms with Crippen molar-refractivity contribution >= 4 is 54.3 Å². The third-order valence-corrected chi connectivity index (χ3v) is 9.84. The summed E-state index contributed by atoms with van der Waals surface area (Å²) in [6.45, 7) is 0. The average molecular weight is 636 g/mol. The van der Waals surface area contributed by atoms with Gasteiger partial charge in [0.2, 0.25) is 0 Å². The minimum Gasteiger partial charge on any atom is -0.246 e. The molecule has 0 amide bonds. The fourth-order valence-corrected chi connectivity index (χ4v) is 7.36. The van der Waals surface area contributed by atoms with Crippen molar-refractivity contribution in [1.82, 2.24) is 15.0 Å². The largest absolute Gasteiger partial charge is 0.246 e. The summed E-state index contributed by atoms with van der Waals surface area (Å²) >= 11 is 0. The van der Waals surface area contributed by atoms with Crippen molar-refractivity contribution < 1.29 is 0 Å². The second kappa shape index (κ2) is 11.5. The molecular formula is C47H29N3. The lowest BCUT2D eigenvalue weighted by Gasteiger charge is -2.15. The summed E-state index contributed by atoms with van der Waals surface area (Å²) in [4.78, 5) is 15.7. The molecule has 232 valence electrons. The molecule has 0 aliphatic carbocycles. The monoisotopic (exact) mass is 635 g/mol. The van der Waals surface area contributed by atoms with Gasteiger partial charge in [0.25, 0.3) is 0 Å². The Morgan fingerprint density at radius 1 is 0.280 bits per heavy atom. The van der Waals surface area contributed by atoms with Crippen molar-refractivity contribution in [2.45, 2.75) is 0 Å². The van der Waals surface area contributed by atoms with Gasteiger partial charge in [0.05, 0.1) is 33.6 Å². The van der Waals surface area contributed by atoms with Gasteiger partial charge in [-0.05, 0) is 28.5 Å². The Morgan fingerprint density at radius 2 is 0.820 bits per heavy atom. The van der Waals surface area contributed by atoms with Crippen LogP contribution in [0.25, 0.3) is 99.2 Å². The predicted molar refractivity (Wildman–Crippen MR) is 209 cm³/mol. The minimum atomic E-state index is 0.907. The van der Waals surface area contributed by atoms with E-state index < -0.39 is 0 Å². The Hall–Kier alpha value is -6.71. The highest BCUT2D eigenvalue weighted by atomic mass is 14.8. The highest BCUT2D eigenvalue weighted by Crippen LogP contribution is 2.40. The summed E-state index contributed by atoms with van der Waals surface area (Å²) in [5.41, 5.74) is 11.2. The summed E-state index contributed by atoms with van der Waals surface area (Å²) in [6, 6.07) is 62.0. The van der Waals surface area contributed by atoms with Gasteiger partial charge >= 0.3 is 0 Å². The fourth-order valence-electron chi connectivity index (χ4n) is 7.36. The third-order valence-electron chi connectivity index (χ3n) is 9.84. The molecule has 0 atom stereocenters. The van der Waals surface area contributed by atoms with Gasteiger partial charge in [0.1, 0.15) is 0 Å². The van der Waals surface area contributed by atoms with Crippen molar-refractivity contribution in [2.24, 2.45) is 0 Å². The van der Waals surface area contributed by atoms with Crippen LogP contribution in [-0.4, -0.2) is 15.0 Å². The van der Waals surface area contributed by atoms with Crippen LogP contribution in [0.2, 0.25) is 0 Å². The Morgan fingerprint density at radius 3 is 1.52 bits per heavy atom. The summed E-state index contributed by atoms with van der Waals surface area (Å²) in [6.07, 6.45) is 0. The molecule has 3 nitrogen and oxygen atoms in total. The van der Waals surface area contributed by atoms with Crippen molar-refractivity contribution in [3.63, 3.8) is 0 Å². The highest BCUT2D eigenvalue weighted by Gasteiger charge is 2.16. The van der Waals surface area contributed by atoms with Crippen LogP contribution in [0.1, 0.15) is 0 Å². The molecule has 50 heavy (non-hydrogen) atoms. The first kappa shape index (κ1) is 28.3. The van der Waals surface area contributed by atoms with Gasteiger partial charge in [-0.2, -0.15) is 0 Å². The van der Waals surface area contributed by atoms with E-state index in [0.717, 1.165) is 83.0 Å². The van der Waals surface area contributed by atoms with Crippen molar-refractivity contribution in [3.05, 3.63) is 176 Å². The number of aromatic nitrogens is 3. The molecule has 0 N–H and O–H groups in total. The second-order valence-corrected chi connectivity index (χ2v) is 12.8. The standard InChI is InChI=1S/C47H29N3/c1-3-10-30(11-4-1)38-16-9-17-39-43-37-15-8-7-12-31(37)24-27-40(43)44(50-47(38)39)34-20-18-33(19-21-34)42-29-26-36-23-22-35-25-28-41(32-13-5-2-6-14-32)48-45(35)46(36)49-42/h1-29H. The molecule has 0 unspecified atom stereocenters. The van der Waals surface area contributed by atoms with Gasteiger partial charge in [-0.25, -0.2) is 15.0 Å². The number of nitrogens with zero attached hydrogens (tertiary/aromatic N) is 3. The molecule has 7 aromatic carbocycles. The molecule has 10 rings (SSSR count). The lowest BCUT2D eigenvalue weighted by molar-refractivity contribution is 1.36. The van der Waals surface area contributed by atoms with E-state index in [1.54, 1.807) is 0 Å². The van der Waals surface area contributed by atoms with E-state index in [1.165, 1.54) is 16.2 Å². The Balaban J connectivity index is 1.13. The predicted octanol–water partition coefficient (Wildman–Crippen LogP) is 12.3. The van der Waals surface area contributed by atoms with Crippen molar-refractivity contribution in [2.75, 3.05) is 0 Å². The van der Waals surface area contributed by atoms with Crippen LogP contribution in [0.5, 0.6) is 0 Å². The highest BCUT2D eigenvalue weighted by molar-refractivity contribution is 6.24. The number of rotatable bonds is 4. The van der Waals surface area contributed by atoms with Crippen LogP contribution in [0.3, 0.4) is 0 Å². The topological polar surface area (TPSA) is 38.7 Å². The van der Waals surface area contributed by atoms with Crippen molar-refractivity contribution in [1.29, 1.82) is 0 Å². The smallest absolute Gasteiger partial charge is 0.0972 e. The van der Waals surface area contributed by atoms with E-state index in [4.69, 9.17) is 15.0 Å². The van der Waals surface area contributed by atoms with Crippen LogP contribution < -0.4 is 0 Å². The van der Waals surface area contributed by atoms with E-state index in [2.05, 4.69) is 158 Å². The quantitative estimate of drug-likeness (QED) is 0.181. The SMILES string of the molecule is c1ccc(-c2ccc3ccc4ccc(-c5ccc(-c6nc7c(-c8ccccc8)cccc7c7c6ccc6ccccc67)cc5)nc4c3n2)cc1. The molecule has 0 fully saturated rings. The lowest BCUT2D eigenvalue weighted by atomic mass is 9.92. The Kier molecular flexibility index (Phi) is 6.49. The molecule has 3 heteroatoms. The van der Waals surface area contributed by atoms with Gasteiger partial charge in [0.15, 0.2) is 0 Å². The van der Waals surface area contributed by atoms with Gasteiger partial charge in [-0.1, -0.05) is 164 Å². The van der Waals surface area contributed by atoms with Crippen LogP contribution in [0.4, 0.5) is 0 Å². The average Bonchev–Trinajstić information content (AvgIpc) is 3.20. The maximum Gasteiger partial charge on any atom is 0.0972 e. The molecular weight excluding hydrogens is 607 g/mol. The molecule has 10 aromatic rings. The number of para-hydroxylation sites is 1. The molecule has 0 bridgehead atoms. The third kappa shape index (κ3) is 4.63. The first-order valence-electron chi connectivity index (χ1n) is 16.9. The first-order valence-corrected chi connectivity index (χ1v) is 16.9. The summed E-state index contributed by atoms with van der Waals surface area (Å²) < 4.78 is 0. The number of hydrogen-bond donors (Lipinski definition) is 0. The van der Waals surface area contributed by atoms with Crippen LogP contribution in [-0.2, 0) is 0 Å². The maximum absolute atomic E-state index is 5.44. The normalized spacial score (nSPS) is 11.6. The molecule has 0 radical (unpaired) electrons. The van der Waals surface area contributed by atoms with E-state index in [-0.39, 0.29) is 0 Å². The Bertz CT molecular complexity index is 2900. The van der Waals surface area contributed by atoms with E-state index in [0.29, 0.717) is 0 Å². The maximum atomic E-state index is 5.44. The summed E-state index contributed by atoms with van der Waals surface area (Å²) in [7, 11) is 0. The fraction of sp³-hybridized carbons (Fsp3) is 0.